The second-order valence-electron chi connectivity index (χ2n) is 3.82. The van der Waals surface area contributed by atoms with Crippen LogP contribution in [0.1, 0.15) is 23.1 Å². The first kappa shape index (κ1) is 14.8. The minimum absolute atomic E-state index is 0.131. The fourth-order valence-corrected chi connectivity index (χ4v) is 1.40. The first-order chi connectivity index (χ1) is 9.08. The zero-order valence-electron chi connectivity index (χ0n) is 11.1. The first-order valence-corrected chi connectivity index (χ1v) is 5.93. The van der Waals surface area contributed by atoms with Crippen molar-refractivity contribution in [1.29, 1.82) is 0 Å². The quantitative estimate of drug-likeness (QED) is 0.565. The van der Waals surface area contributed by atoms with Crippen molar-refractivity contribution in [3.05, 3.63) is 36.4 Å². The van der Waals surface area contributed by atoms with Crippen LogP contribution in [0.15, 0.2) is 25.0 Å². The number of nitrogens with zero attached hydrogens (tertiary/aromatic N) is 3. The molecule has 0 saturated heterocycles. The highest BCUT2D eigenvalue weighted by Gasteiger charge is 2.19. The molecule has 1 aromatic rings. The van der Waals surface area contributed by atoms with E-state index in [-0.39, 0.29) is 31.3 Å². The molecule has 1 heterocycles. The lowest BCUT2D eigenvalue weighted by Gasteiger charge is -2.19. The van der Waals surface area contributed by atoms with Crippen molar-refractivity contribution in [3.8, 4) is 0 Å². The Hall–Kier alpha value is -2.24. The van der Waals surface area contributed by atoms with Gasteiger partial charge in [0, 0.05) is 12.7 Å². The molecule has 19 heavy (non-hydrogen) atoms. The number of aromatic nitrogens is 2. The van der Waals surface area contributed by atoms with E-state index in [4.69, 9.17) is 4.74 Å². The number of hydrogen-bond acceptors (Lipinski definition) is 5. The number of ether oxygens (including phenoxy) is 1. The SMILES string of the molecule is C=CCN(CC(=O)OCC)C(=O)c1cnc(C)cn1. The van der Waals surface area contributed by atoms with Gasteiger partial charge in [-0.25, -0.2) is 4.98 Å². The third kappa shape index (κ3) is 4.50. The normalized spacial score (nSPS) is 9.79. The van der Waals surface area contributed by atoms with Gasteiger partial charge >= 0.3 is 5.97 Å². The van der Waals surface area contributed by atoms with Crippen molar-refractivity contribution in [1.82, 2.24) is 14.9 Å². The van der Waals surface area contributed by atoms with Gasteiger partial charge in [-0.3, -0.25) is 14.6 Å². The summed E-state index contributed by atoms with van der Waals surface area (Å²) in [6, 6.07) is 0. The molecule has 0 spiro atoms. The van der Waals surface area contributed by atoms with Gasteiger partial charge in [0.2, 0.25) is 0 Å². The maximum atomic E-state index is 12.2. The zero-order valence-corrected chi connectivity index (χ0v) is 11.1. The lowest BCUT2D eigenvalue weighted by Crippen LogP contribution is -2.37. The Morgan fingerprint density at radius 3 is 2.68 bits per heavy atom. The molecule has 102 valence electrons. The molecule has 0 aliphatic carbocycles. The van der Waals surface area contributed by atoms with E-state index in [9.17, 15) is 9.59 Å². The van der Waals surface area contributed by atoms with E-state index < -0.39 is 5.97 Å². The summed E-state index contributed by atoms with van der Waals surface area (Å²) < 4.78 is 4.82. The van der Waals surface area contributed by atoms with Gasteiger partial charge in [-0.15, -0.1) is 6.58 Å². The molecule has 6 heteroatoms. The second-order valence-corrected chi connectivity index (χ2v) is 3.82. The van der Waals surface area contributed by atoms with Crippen LogP contribution < -0.4 is 0 Å². The molecular weight excluding hydrogens is 246 g/mol. The summed E-state index contributed by atoms with van der Waals surface area (Å²) in [4.78, 5) is 32.9. The summed E-state index contributed by atoms with van der Waals surface area (Å²) in [6.07, 6.45) is 4.43. The molecule has 0 bridgehead atoms. The van der Waals surface area contributed by atoms with Gasteiger partial charge in [-0.2, -0.15) is 0 Å². The summed E-state index contributed by atoms with van der Waals surface area (Å²) >= 11 is 0. The topological polar surface area (TPSA) is 72.4 Å². The maximum absolute atomic E-state index is 12.2. The van der Waals surface area contributed by atoms with Crippen LogP contribution in [0.5, 0.6) is 0 Å². The number of amides is 1. The number of aryl methyl sites for hydroxylation is 1. The minimum Gasteiger partial charge on any atom is -0.465 e. The van der Waals surface area contributed by atoms with E-state index in [0.717, 1.165) is 5.69 Å². The van der Waals surface area contributed by atoms with Crippen molar-refractivity contribution in [2.24, 2.45) is 0 Å². The first-order valence-electron chi connectivity index (χ1n) is 5.93. The minimum atomic E-state index is -0.460. The largest absolute Gasteiger partial charge is 0.465 e. The highest BCUT2D eigenvalue weighted by molar-refractivity contribution is 5.94. The average Bonchev–Trinajstić information content (AvgIpc) is 2.38. The van der Waals surface area contributed by atoms with Crippen molar-refractivity contribution < 1.29 is 14.3 Å². The smallest absolute Gasteiger partial charge is 0.325 e. The molecule has 0 aromatic carbocycles. The molecule has 1 rings (SSSR count). The van der Waals surface area contributed by atoms with Crippen molar-refractivity contribution in [2.45, 2.75) is 13.8 Å². The van der Waals surface area contributed by atoms with Gasteiger partial charge in [0.1, 0.15) is 12.2 Å². The molecule has 0 N–H and O–H groups in total. The zero-order chi connectivity index (χ0) is 14.3. The van der Waals surface area contributed by atoms with Crippen LogP contribution in [-0.4, -0.2) is 46.4 Å². The molecule has 0 saturated carbocycles. The van der Waals surface area contributed by atoms with Crippen LogP contribution in [0.25, 0.3) is 0 Å². The third-order valence-electron chi connectivity index (χ3n) is 2.26. The molecule has 6 nitrogen and oxygen atoms in total. The monoisotopic (exact) mass is 263 g/mol. The lowest BCUT2D eigenvalue weighted by atomic mass is 10.3. The molecule has 0 radical (unpaired) electrons. The number of esters is 1. The summed E-state index contributed by atoms with van der Waals surface area (Å²) in [7, 11) is 0. The Labute approximate surface area is 112 Å². The maximum Gasteiger partial charge on any atom is 0.325 e. The summed E-state index contributed by atoms with van der Waals surface area (Å²) in [6.45, 7) is 7.44. The Balaban J connectivity index is 2.80. The van der Waals surface area contributed by atoms with E-state index in [0.29, 0.717) is 0 Å². The van der Waals surface area contributed by atoms with Gasteiger partial charge in [0.25, 0.3) is 5.91 Å². The molecule has 0 unspecified atom stereocenters. The van der Waals surface area contributed by atoms with E-state index in [1.165, 1.54) is 17.3 Å². The van der Waals surface area contributed by atoms with Crippen LogP contribution in [0.2, 0.25) is 0 Å². The Bertz CT molecular complexity index is 457. The lowest BCUT2D eigenvalue weighted by molar-refractivity contribution is -0.143. The van der Waals surface area contributed by atoms with Gasteiger partial charge < -0.3 is 9.64 Å². The van der Waals surface area contributed by atoms with E-state index in [1.54, 1.807) is 19.9 Å². The number of rotatable bonds is 6. The van der Waals surface area contributed by atoms with Crippen LogP contribution in [-0.2, 0) is 9.53 Å². The van der Waals surface area contributed by atoms with Crippen molar-refractivity contribution in [3.63, 3.8) is 0 Å². The average molecular weight is 263 g/mol. The van der Waals surface area contributed by atoms with Crippen LogP contribution in [0.3, 0.4) is 0 Å². The predicted molar refractivity (Wildman–Crippen MR) is 69.5 cm³/mol. The Morgan fingerprint density at radius 1 is 1.42 bits per heavy atom. The number of carbonyl (C=O) groups excluding carboxylic acids is 2. The standard InChI is InChI=1S/C13H17N3O3/c1-4-6-16(9-12(17)19-5-2)13(18)11-8-14-10(3)7-15-11/h4,7-8H,1,5-6,9H2,2-3H3. The molecule has 1 amide bonds. The van der Waals surface area contributed by atoms with E-state index in [2.05, 4.69) is 16.5 Å². The van der Waals surface area contributed by atoms with Crippen LogP contribution >= 0.6 is 0 Å². The highest BCUT2D eigenvalue weighted by atomic mass is 16.5. The van der Waals surface area contributed by atoms with Crippen LogP contribution in [0.4, 0.5) is 0 Å². The predicted octanol–water partition coefficient (Wildman–Crippen LogP) is 0.976. The summed E-state index contributed by atoms with van der Waals surface area (Å²) in [5.41, 5.74) is 0.911. The fourth-order valence-electron chi connectivity index (χ4n) is 1.40. The summed E-state index contributed by atoms with van der Waals surface area (Å²) in [5, 5.41) is 0. The van der Waals surface area contributed by atoms with Gasteiger partial charge in [0.05, 0.1) is 18.5 Å². The second kappa shape index (κ2) is 7.25. The van der Waals surface area contributed by atoms with Gasteiger partial charge in [0.15, 0.2) is 0 Å². The van der Waals surface area contributed by atoms with Crippen LogP contribution in [0, 0.1) is 6.92 Å². The Morgan fingerprint density at radius 2 is 2.16 bits per heavy atom. The molecule has 1 aromatic heterocycles. The van der Waals surface area contributed by atoms with Gasteiger partial charge in [-0.1, -0.05) is 6.08 Å². The molecule has 0 fully saturated rings. The van der Waals surface area contributed by atoms with E-state index >= 15 is 0 Å². The fraction of sp³-hybridized carbons (Fsp3) is 0.385. The van der Waals surface area contributed by atoms with Gasteiger partial charge in [-0.05, 0) is 13.8 Å². The number of hydrogen-bond donors (Lipinski definition) is 0. The molecule has 0 aliphatic rings. The van der Waals surface area contributed by atoms with E-state index in [1.807, 2.05) is 0 Å². The molecule has 0 aliphatic heterocycles. The molecule has 0 atom stereocenters. The summed E-state index contributed by atoms with van der Waals surface area (Å²) in [5.74, 6) is -0.835. The van der Waals surface area contributed by atoms with Crippen molar-refractivity contribution >= 4 is 11.9 Å². The third-order valence-corrected chi connectivity index (χ3v) is 2.26. The van der Waals surface area contributed by atoms with Crippen molar-refractivity contribution in [2.75, 3.05) is 19.7 Å². The Kier molecular flexibility index (Phi) is 5.66. The number of carbonyl (C=O) groups is 2. The molecular formula is C13H17N3O3. The highest BCUT2D eigenvalue weighted by Crippen LogP contribution is 2.02.